The van der Waals surface area contributed by atoms with E-state index in [1.165, 1.54) is 12.4 Å². The Kier molecular flexibility index (Phi) is 11.1. The summed E-state index contributed by atoms with van der Waals surface area (Å²) in [5.74, 6) is 4.65. The van der Waals surface area contributed by atoms with Gasteiger partial charge >= 0.3 is 0 Å². The van der Waals surface area contributed by atoms with Crippen molar-refractivity contribution in [3.05, 3.63) is 16.9 Å². The first-order valence-electron chi connectivity index (χ1n) is 5.94. The summed E-state index contributed by atoms with van der Waals surface area (Å²) in [6, 6.07) is 0. The maximum absolute atomic E-state index is 12.5. The molecule has 0 fully saturated rings. The third-order valence-corrected chi connectivity index (χ3v) is 3.31. The monoisotopic (exact) mass is 434 g/mol. The van der Waals surface area contributed by atoms with Crippen LogP contribution in [0.3, 0.4) is 0 Å². The number of nitrogens with zero attached hydrogens (tertiary/aromatic N) is 2. The molecule has 2 atom stereocenters. The lowest BCUT2D eigenvalue weighted by atomic mass is 10.1. The number of rotatable bonds is 6. The highest BCUT2D eigenvalue weighted by Crippen LogP contribution is 2.25. The highest BCUT2D eigenvalue weighted by molar-refractivity contribution is 9.10. The lowest BCUT2D eigenvalue weighted by molar-refractivity contribution is -0.00746. The molecule has 1 aromatic heterocycles. The van der Waals surface area contributed by atoms with Crippen LogP contribution < -0.4 is 11.3 Å². The average molecular weight is 436 g/mol. The van der Waals surface area contributed by atoms with Crippen molar-refractivity contribution in [2.24, 2.45) is 5.84 Å². The Bertz CT molecular complexity index is 446. The Morgan fingerprint density at radius 3 is 1.91 bits per heavy atom. The van der Waals surface area contributed by atoms with E-state index < -0.39 is 37.3 Å². The Morgan fingerprint density at radius 2 is 1.74 bits per heavy atom. The molecule has 138 valence electrons. The Morgan fingerprint density at radius 1 is 1.22 bits per heavy atom. The summed E-state index contributed by atoms with van der Waals surface area (Å²) in [4.78, 5) is 0. The quantitative estimate of drug-likeness (QED) is 0.409. The van der Waals surface area contributed by atoms with Gasteiger partial charge in [0.1, 0.15) is 24.4 Å². The van der Waals surface area contributed by atoms with Crippen molar-refractivity contribution in [2.75, 3.05) is 13.3 Å². The number of hydrogen-bond acceptors (Lipinski definition) is 3. The minimum atomic E-state index is -2.79. The van der Waals surface area contributed by atoms with Gasteiger partial charge in [-0.1, -0.05) is 0 Å². The second kappa shape index (κ2) is 10.4. The molecule has 1 rings (SSSR count). The zero-order valence-corrected chi connectivity index (χ0v) is 14.7. The van der Waals surface area contributed by atoms with Crippen LogP contribution in [0.15, 0.2) is 16.9 Å². The number of nitrogens with one attached hydrogen (secondary N) is 1. The van der Waals surface area contributed by atoms with Crippen LogP contribution in [0.2, 0.25) is 0 Å². The molecule has 0 bridgehead atoms. The molecule has 0 saturated heterocycles. The van der Waals surface area contributed by atoms with E-state index in [9.17, 15) is 26.3 Å². The van der Waals surface area contributed by atoms with Gasteiger partial charge in [-0.05, 0) is 29.8 Å². The largest absolute Gasteiger partial charge is 0.271 e. The Hall–Kier alpha value is -0.520. The van der Waals surface area contributed by atoms with Crippen LogP contribution >= 0.6 is 28.3 Å². The van der Waals surface area contributed by atoms with Crippen molar-refractivity contribution in [1.29, 1.82) is 0 Å². The van der Waals surface area contributed by atoms with Crippen molar-refractivity contribution < 1.29 is 26.3 Å². The van der Waals surface area contributed by atoms with E-state index in [0.717, 1.165) is 18.5 Å². The molecule has 0 amide bonds. The zero-order chi connectivity index (χ0) is 17.6. The van der Waals surface area contributed by atoms with Gasteiger partial charge in [-0.15, -0.1) is 12.4 Å². The molecule has 0 aliphatic carbocycles. The molecule has 0 saturated carbocycles. The lowest BCUT2D eigenvalue weighted by Crippen LogP contribution is -2.54. The normalized spacial score (nSPS) is 16.2. The molecule has 0 spiro atoms. The van der Waals surface area contributed by atoms with Crippen LogP contribution in [0, 0.1) is 0 Å². The first kappa shape index (κ1) is 24.7. The zero-order valence-electron chi connectivity index (χ0n) is 12.2. The SMILES string of the molecule is CC(CF)(C(F)F)n1cc(Br)cn1.CC(CF)(NN)C(F)F.Cl. The Labute approximate surface area is 144 Å². The lowest BCUT2D eigenvalue weighted by Gasteiger charge is -2.25. The number of alkyl halides is 6. The molecule has 23 heavy (non-hydrogen) atoms. The maximum atomic E-state index is 12.5. The minimum absolute atomic E-state index is 0. The van der Waals surface area contributed by atoms with E-state index in [1.807, 2.05) is 0 Å². The van der Waals surface area contributed by atoms with Gasteiger partial charge in [0.25, 0.3) is 12.9 Å². The van der Waals surface area contributed by atoms with E-state index in [-0.39, 0.29) is 12.4 Å². The predicted octanol–water partition coefficient (Wildman–Crippen LogP) is 3.46. The topological polar surface area (TPSA) is 55.9 Å². The molecule has 0 aliphatic heterocycles. The molecule has 2 unspecified atom stereocenters. The summed E-state index contributed by atoms with van der Waals surface area (Å²) in [5, 5.41) is 3.63. The van der Waals surface area contributed by atoms with Crippen LogP contribution in [0.5, 0.6) is 0 Å². The standard InChI is InChI=1S/C7H8BrF3N2.C4H9F3N2.ClH/c1-7(4-9,6(10)11)13-3-5(8)2-12-13;1-4(2-5,9-8)3(6)7;/h2-3,6H,4H2,1H3;3,9H,2,8H2,1H3;1H. The molecule has 3 N–H and O–H groups in total. The van der Waals surface area contributed by atoms with Crippen molar-refractivity contribution >= 4 is 28.3 Å². The van der Waals surface area contributed by atoms with Crippen LogP contribution in [0.4, 0.5) is 26.3 Å². The summed E-state index contributed by atoms with van der Waals surface area (Å²) in [7, 11) is 0. The fourth-order valence-electron chi connectivity index (χ4n) is 0.960. The van der Waals surface area contributed by atoms with Gasteiger partial charge in [0, 0.05) is 6.20 Å². The van der Waals surface area contributed by atoms with Crippen molar-refractivity contribution in [3.8, 4) is 0 Å². The molecule has 0 radical (unpaired) electrons. The molecular weight excluding hydrogens is 417 g/mol. The van der Waals surface area contributed by atoms with Crippen molar-refractivity contribution in [1.82, 2.24) is 15.2 Å². The first-order chi connectivity index (χ1) is 10.1. The molecule has 0 aromatic carbocycles. The first-order valence-corrected chi connectivity index (χ1v) is 6.73. The predicted molar refractivity (Wildman–Crippen MR) is 80.5 cm³/mol. The van der Waals surface area contributed by atoms with Gasteiger partial charge in [0.05, 0.1) is 10.7 Å². The smallest absolute Gasteiger partial charge is 0.265 e. The maximum Gasteiger partial charge on any atom is 0.265 e. The van der Waals surface area contributed by atoms with Gasteiger partial charge in [0.15, 0.2) is 0 Å². The summed E-state index contributed by atoms with van der Waals surface area (Å²) in [5.41, 5.74) is -2.06. The van der Waals surface area contributed by atoms with Crippen LogP contribution in [-0.4, -0.2) is 41.5 Å². The van der Waals surface area contributed by atoms with Crippen LogP contribution in [0.25, 0.3) is 0 Å². The molecule has 1 aromatic rings. The van der Waals surface area contributed by atoms with Gasteiger partial charge in [0.2, 0.25) is 0 Å². The summed E-state index contributed by atoms with van der Waals surface area (Å²) < 4.78 is 73.9. The fourth-order valence-corrected chi connectivity index (χ4v) is 1.25. The highest BCUT2D eigenvalue weighted by atomic mass is 79.9. The summed E-state index contributed by atoms with van der Waals surface area (Å²) in [6.45, 7) is -0.200. The number of halogens is 8. The van der Waals surface area contributed by atoms with Crippen molar-refractivity contribution in [2.45, 2.75) is 37.8 Å². The second-order valence-electron chi connectivity index (χ2n) is 4.89. The van der Waals surface area contributed by atoms with Crippen molar-refractivity contribution in [3.63, 3.8) is 0 Å². The minimum Gasteiger partial charge on any atom is -0.271 e. The van der Waals surface area contributed by atoms with E-state index >= 15 is 0 Å². The highest BCUT2D eigenvalue weighted by Gasteiger charge is 2.38. The summed E-state index contributed by atoms with van der Waals surface area (Å²) >= 11 is 3.05. The number of hydrogen-bond donors (Lipinski definition) is 2. The van der Waals surface area contributed by atoms with Gasteiger partial charge in [-0.25, -0.2) is 31.8 Å². The number of hydrazine groups is 1. The average Bonchev–Trinajstić information content (AvgIpc) is 2.92. The number of aromatic nitrogens is 2. The Balaban J connectivity index is 0. The number of nitrogens with two attached hydrogens (primary N) is 1. The van der Waals surface area contributed by atoms with Gasteiger partial charge in [-0.2, -0.15) is 5.10 Å². The van der Waals surface area contributed by atoms with E-state index in [2.05, 4.69) is 26.9 Å². The fraction of sp³-hybridized carbons (Fsp3) is 0.727. The third kappa shape index (κ3) is 6.48. The third-order valence-electron chi connectivity index (χ3n) is 2.90. The second-order valence-corrected chi connectivity index (χ2v) is 5.81. The van der Waals surface area contributed by atoms with E-state index in [1.54, 1.807) is 5.43 Å². The molecule has 4 nitrogen and oxygen atoms in total. The summed E-state index contributed by atoms with van der Waals surface area (Å²) in [6.07, 6.45) is -2.90. The molecule has 1 heterocycles. The van der Waals surface area contributed by atoms with E-state index in [4.69, 9.17) is 0 Å². The van der Waals surface area contributed by atoms with E-state index in [0.29, 0.717) is 4.47 Å². The van der Waals surface area contributed by atoms with Crippen LogP contribution in [0.1, 0.15) is 13.8 Å². The molecular formula is C11H18BrClF6N4. The van der Waals surface area contributed by atoms with Gasteiger partial charge < -0.3 is 0 Å². The van der Waals surface area contributed by atoms with Crippen LogP contribution in [-0.2, 0) is 5.54 Å². The molecule has 12 heteroatoms. The molecule has 0 aliphatic rings. The van der Waals surface area contributed by atoms with Gasteiger partial charge in [-0.3, -0.25) is 10.5 Å².